The molecule has 0 aliphatic carbocycles. The summed E-state index contributed by atoms with van der Waals surface area (Å²) >= 11 is 0. The van der Waals surface area contributed by atoms with Crippen LogP contribution in [-0.2, 0) is 4.74 Å². The Bertz CT molecular complexity index is 1810. The molecule has 9 heteroatoms. The maximum atomic E-state index is 13.1. The van der Waals surface area contributed by atoms with Gasteiger partial charge in [0.05, 0.1) is 22.3 Å². The van der Waals surface area contributed by atoms with Crippen molar-refractivity contribution < 1.29 is 43.7 Å². The Morgan fingerprint density at radius 2 is 0.884 bits per heavy atom. The molecule has 0 heterocycles. The zero-order valence-corrected chi connectivity index (χ0v) is 22.0. The summed E-state index contributed by atoms with van der Waals surface area (Å²) in [6.07, 6.45) is 10.8. The molecule has 2 N–H and O–H groups in total. The Hall–Kier alpha value is -6.58. The lowest BCUT2D eigenvalue weighted by Crippen LogP contribution is -2.20. The van der Waals surface area contributed by atoms with Crippen LogP contribution in [0.4, 0.5) is 0 Å². The first-order valence-corrected chi connectivity index (χ1v) is 12.3. The number of terminal acetylenes is 2. The minimum Gasteiger partial charge on any atom is -0.478 e. The van der Waals surface area contributed by atoms with Crippen LogP contribution in [0.5, 0.6) is 0 Å². The van der Waals surface area contributed by atoms with Crippen LogP contribution in [0.15, 0.2) is 84.9 Å². The monoisotopic (exact) mass is 570 g/mol. The Labute approximate surface area is 244 Å². The first kappa shape index (κ1) is 29.4. The van der Waals surface area contributed by atoms with Crippen molar-refractivity contribution in [2.75, 3.05) is 0 Å². The Kier molecular flexibility index (Phi) is 8.41. The molecule has 0 radical (unpaired) electrons. The zero-order chi connectivity index (χ0) is 31.3. The van der Waals surface area contributed by atoms with Crippen molar-refractivity contribution in [1.82, 2.24) is 0 Å². The lowest BCUT2D eigenvalue weighted by atomic mass is 9.96. The smallest absolute Gasteiger partial charge is 0.346 e. The molecule has 4 aromatic rings. The lowest BCUT2D eigenvalue weighted by molar-refractivity contribution is 0.0386. The molecule has 43 heavy (non-hydrogen) atoms. The number of carboxylic acids is 2. The molecule has 9 nitrogen and oxygen atoms in total. The van der Waals surface area contributed by atoms with Crippen LogP contribution in [0.25, 0.3) is 0 Å². The van der Waals surface area contributed by atoms with Crippen molar-refractivity contribution in [2.24, 2.45) is 0 Å². The summed E-state index contributed by atoms with van der Waals surface area (Å²) in [6, 6.07) is 18.3. The van der Waals surface area contributed by atoms with Gasteiger partial charge in [0, 0.05) is 33.4 Å². The van der Waals surface area contributed by atoms with E-state index in [2.05, 4.69) is 11.8 Å². The van der Waals surface area contributed by atoms with Gasteiger partial charge in [0.25, 0.3) is 0 Å². The lowest BCUT2D eigenvalue weighted by Gasteiger charge is -2.11. The summed E-state index contributed by atoms with van der Waals surface area (Å²) in [4.78, 5) is 75.9. The van der Waals surface area contributed by atoms with Crippen molar-refractivity contribution >= 4 is 35.4 Å². The first-order chi connectivity index (χ1) is 20.5. The van der Waals surface area contributed by atoms with Crippen LogP contribution in [0, 0.1) is 24.7 Å². The van der Waals surface area contributed by atoms with Crippen LogP contribution < -0.4 is 0 Å². The molecule has 4 aromatic carbocycles. The number of benzene rings is 4. The van der Waals surface area contributed by atoms with Gasteiger partial charge in [0.15, 0.2) is 11.6 Å². The highest BCUT2D eigenvalue weighted by molar-refractivity contribution is 6.15. The minimum absolute atomic E-state index is 0.105. The first-order valence-electron chi connectivity index (χ1n) is 12.3. The van der Waals surface area contributed by atoms with Crippen LogP contribution in [-0.4, -0.2) is 45.7 Å². The number of esters is 2. The second kappa shape index (κ2) is 12.3. The molecule has 0 saturated heterocycles. The highest BCUT2D eigenvalue weighted by Crippen LogP contribution is 2.21. The van der Waals surface area contributed by atoms with Gasteiger partial charge in [-0.2, -0.15) is 0 Å². The number of rotatable bonds is 8. The van der Waals surface area contributed by atoms with Crippen molar-refractivity contribution in [3.8, 4) is 24.7 Å². The van der Waals surface area contributed by atoms with Crippen molar-refractivity contribution in [2.45, 2.75) is 0 Å². The summed E-state index contributed by atoms with van der Waals surface area (Å²) in [5.74, 6) is -2.46. The molecule has 0 bridgehead atoms. The van der Waals surface area contributed by atoms with Gasteiger partial charge in [0.2, 0.25) is 0 Å². The predicted octanol–water partition coefficient (Wildman–Crippen LogP) is 4.50. The molecular formula is C34H18O9. The molecule has 4 rings (SSSR count). The zero-order valence-electron chi connectivity index (χ0n) is 22.0. The van der Waals surface area contributed by atoms with E-state index in [1.165, 1.54) is 36.4 Å². The van der Waals surface area contributed by atoms with E-state index >= 15 is 0 Å². The summed E-state index contributed by atoms with van der Waals surface area (Å²) in [7, 11) is 0. The van der Waals surface area contributed by atoms with E-state index in [0.29, 0.717) is 11.1 Å². The molecular weight excluding hydrogens is 552 g/mol. The van der Waals surface area contributed by atoms with Gasteiger partial charge in [0.1, 0.15) is 0 Å². The highest BCUT2D eigenvalue weighted by atomic mass is 16.6. The van der Waals surface area contributed by atoms with Crippen LogP contribution >= 0.6 is 0 Å². The van der Waals surface area contributed by atoms with E-state index in [9.17, 15) is 39.0 Å². The molecule has 0 atom stereocenters. The molecule has 0 aliphatic rings. The fourth-order valence-electron chi connectivity index (χ4n) is 4.11. The molecule has 0 aliphatic heterocycles. The number of carboxylic acid groups (broad SMARTS) is 2. The second-order valence-corrected chi connectivity index (χ2v) is 8.92. The van der Waals surface area contributed by atoms with E-state index in [4.69, 9.17) is 17.6 Å². The third-order valence-corrected chi connectivity index (χ3v) is 6.23. The van der Waals surface area contributed by atoms with Crippen LogP contribution in [0.2, 0.25) is 0 Å². The third-order valence-electron chi connectivity index (χ3n) is 6.23. The largest absolute Gasteiger partial charge is 0.478 e. The molecule has 0 saturated carbocycles. The fraction of sp³-hybridized carbons (Fsp3) is 0. The number of aromatic carboxylic acids is 2. The van der Waals surface area contributed by atoms with Crippen LogP contribution in [0.3, 0.4) is 0 Å². The van der Waals surface area contributed by atoms with Gasteiger partial charge in [-0.25, -0.2) is 19.2 Å². The number of ether oxygens (including phenoxy) is 1. The predicted molar refractivity (Wildman–Crippen MR) is 152 cm³/mol. The number of hydrogen-bond acceptors (Lipinski definition) is 7. The summed E-state index contributed by atoms with van der Waals surface area (Å²) in [6.45, 7) is 0. The SMILES string of the molecule is C#Cc1cccc(C(=O)c2ccc(C(=O)O)c(C(=O)OC(=O)c3cc(C(=O)c4cccc(C#C)c4)ccc3C(=O)O)c2)c1. The molecule has 208 valence electrons. The van der Waals surface area contributed by atoms with Crippen molar-refractivity contribution in [3.63, 3.8) is 0 Å². The average Bonchev–Trinajstić information content (AvgIpc) is 3.03. The van der Waals surface area contributed by atoms with E-state index in [1.54, 1.807) is 24.3 Å². The van der Waals surface area contributed by atoms with Gasteiger partial charge >= 0.3 is 23.9 Å². The number of ketones is 2. The molecule has 0 amide bonds. The van der Waals surface area contributed by atoms with Gasteiger partial charge in [-0.15, -0.1) is 12.8 Å². The molecule has 0 aromatic heterocycles. The van der Waals surface area contributed by atoms with Crippen molar-refractivity contribution in [1.29, 1.82) is 0 Å². The minimum atomic E-state index is -1.55. The normalized spacial score (nSPS) is 10.1. The fourth-order valence-corrected chi connectivity index (χ4v) is 4.11. The van der Waals surface area contributed by atoms with E-state index in [-0.39, 0.29) is 22.3 Å². The summed E-state index contributed by atoms with van der Waals surface area (Å²) < 4.78 is 4.88. The Morgan fingerprint density at radius 1 is 0.512 bits per heavy atom. The summed E-state index contributed by atoms with van der Waals surface area (Å²) in [5.41, 5.74) is -1.51. The third kappa shape index (κ3) is 6.27. The summed E-state index contributed by atoms with van der Waals surface area (Å²) in [5, 5.41) is 19.2. The Balaban J connectivity index is 1.69. The molecule has 0 spiro atoms. The maximum absolute atomic E-state index is 13.1. The van der Waals surface area contributed by atoms with Crippen molar-refractivity contribution in [3.05, 3.63) is 141 Å². The molecule has 0 unspecified atom stereocenters. The quantitative estimate of drug-likeness (QED) is 0.135. The van der Waals surface area contributed by atoms with Crippen LogP contribution in [0.1, 0.15) is 84.4 Å². The van der Waals surface area contributed by atoms with Gasteiger partial charge in [-0.3, -0.25) is 9.59 Å². The topological polar surface area (TPSA) is 152 Å². The van der Waals surface area contributed by atoms with Gasteiger partial charge < -0.3 is 14.9 Å². The van der Waals surface area contributed by atoms with Gasteiger partial charge in [-0.05, 0) is 48.5 Å². The number of carbonyl (C=O) groups is 6. The maximum Gasteiger partial charge on any atom is 0.346 e. The van der Waals surface area contributed by atoms with E-state index < -0.39 is 57.7 Å². The van der Waals surface area contributed by atoms with E-state index in [0.717, 1.165) is 24.3 Å². The Morgan fingerprint density at radius 3 is 1.23 bits per heavy atom. The van der Waals surface area contributed by atoms with Gasteiger partial charge in [-0.1, -0.05) is 48.2 Å². The standard InChI is InChI=1S/C34H18O9/c1-3-19-7-5-9-21(15-19)29(35)23-11-13-25(31(37)38)27(17-23)33(41)43-34(42)28-18-24(12-14-26(28)32(39)40)30(36)22-10-6-8-20(4-2)16-22/h1-2,5-18H,(H,37,38)(H,39,40). The number of carbonyl (C=O) groups excluding carboxylic acids is 4. The number of hydrogen-bond donors (Lipinski definition) is 2. The second-order valence-electron chi connectivity index (χ2n) is 8.92. The van der Waals surface area contributed by atoms with E-state index in [1.807, 2.05) is 0 Å². The highest BCUT2D eigenvalue weighted by Gasteiger charge is 2.27. The average molecular weight is 571 g/mol. The molecule has 0 fully saturated rings.